The molecule has 0 aliphatic heterocycles. The van der Waals surface area contributed by atoms with Crippen molar-refractivity contribution in [3.05, 3.63) is 45.4 Å². The fourth-order valence-electron chi connectivity index (χ4n) is 2.40. The van der Waals surface area contributed by atoms with Crippen LogP contribution < -0.4 is 15.5 Å². The molecule has 2 rings (SSSR count). The van der Waals surface area contributed by atoms with Crippen molar-refractivity contribution in [1.82, 2.24) is 15.6 Å². The van der Waals surface area contributed by atoms with Crippen LogP contribution in [0.5, 0.6) is 0 Å². The lowest BCUT2D eigenvalue weighted by Crippen LogP contribution is -2.38. The summed E-state index contributed by atoms with van der Waals surface area (Å²) in [5.41, 5.74) is 2.63. The molecule has 10 heteroatoms. The number of thiazole rings is 1. The molecule has 0 radical (unpaired) electrons. The second-order valence-electron chi connectivity index (χ2n) is 6.23. The van der Waals surface area contributed by atoms with Crippen LogP contribution in [0, 0.1) is 6.92 Å². The van der Waals surface area contributed by atoms with Gasteiger partial charge >= 0.3 is 6.18 Å². The Bertz CT molecular complexity index is 790. The van der Waals surface area contributed by atoms with E-state index in [2.05, 4.69) is 45.7 Å². The summed E-state index contributed by atoms with van der Waals surface area (Å²) in [7, 11) is 5.65. The van der Waals surface area contributed by atoms with Gasteiger partial charge in [-0.15, -0.1) is 35.3 Å². The molecule has 28 heavy (non-hydrogen) atoms. The van der Waals surface area contributed by atoms with Crippen molar-refractivity contribution in [1.29, 1.82) is 0 Å². The molecule has 1 heterocycles. The number of aromatic nitrogens is 1. The van der Waals surface area contributed by atoms with Gasteiger partial charge in [0, 0.05) is 51.7 Å². The third kappa shape index (κ3) is 7.12. The standard InChI is InChI=1S/C18H24F3N5S.HI/c1-12-9-14(26(3)4)6-5-13(12)10-24-17(22-2)23-8-7-16-25-15(11-27-16)18(19,20)21;/h5-6,9,11H,7-8,10H2,1-4H3,(H2,22,23,24);1H. The molecule has 0 bridgehead atoms. The molecule has 0 amide bonds. The van der Waals surface area contributed by atoms with Crippen molar-refractivity contribution < 1.29 is 13.2 Å². The molecule has 0 atom stereocenters. The van der Waals surface area contributed by atoms with Crippen LogP contribution in [-0.4, -0.2) is 38.6 Å². The highest BCUT2D eigenvalue weighted by Crippen LogP contribution is 2.30. The first kappa shape index (κ1) is 24.5. The van der Waals surface area contributed by atoms with E-state index in [9.17, 15) is 13.2 Å². The summed E-state index contributed by atoms with van der Waals surface area (Å²) in [6.45, 7) is 3.11. The fourth-order valence-corrected chi connectivity index (χ4v) is 3.20. The van der Waals surface area contributed by atoms with Crippen LogP contribution in [0.4, 0.5) is 18.9 Å². The molecular formula is C18H25F3IN5S. The number of benzene rings is 1. The lowest BCUT2D eigenvalue weighted by molar-refractivity contribution is -0.140. The Morgan fingerprint density at radius 1 is 1.25 bits per heavy atom. The fraction of sp³-hybridized carbons (Fsp3) is 0.444. The topological polar surface area (TPSA) is 52.6 Å². The third-order valence-corrected chi connectivity index (χ3v) is 4.89. The molecule has 0 saturated heterocycles. The number of halogens is 4. The van der Waals surface area contributed by atoms with E-state index in [1.54, 1.807) is 7.05 Å². The molecule has 0 aliphatic carbocycles. The van der Waals surface area contributed by atoms with Gasteiger partial charge in [-0.3, -0.25) is 4.99 Å². The smallest absolute Gasteiger partial charge is 0.378 e. The van der Waals surface area contributed by atoms with Gasteiger partial charge in [0.05, 0.1) is 5.01 Å². The van der Waals surface area contributed by atoms with Crippen LogP contribution in [0.15, 0.2) is 28.6 Å². The van der Waals surface area contributed by atoms with E-state index in [0.717, 1.165) is 28.0 Å². The molecule has 0 unspecified atom stereocenters. The second kappa shape index (κ2) is 10.8. The van der Waals surface area contributed by atoms with Gasteiger partial charge < -0.3 is 15.5 Å². The molecule has 0 fully saturated rings. The van der Waals surface area contributed by atoms with Crippen LogP contribution >= 0.6 is 35.3 Å². The minimum absolute atomic E-state index is 0. The Hall–Kier alpha value is -1.56. The summed E-state index contributed by atoms with van der Waals surface area (Å²) in [6.07, 6.45) is -3.99. The van der Waals surface area contributed by atoms with E-state index in [1.807, 2.05) is 19.0 Å². The first-order valence-electron chi connectivity index (χ1n) is 8.43. The maximum atomic E-state index is 12.6. The van der Waals surface area contributed by atoms with E-state index in [0.29, 0.717) is 30.5 Å². The summed E-state index contributed by atoms with van der Waals surface area (Å²) in [5.74, 6) is 0.596. The Morgan fingerprint density at radius 2 is 1.96 bits per heavy atom. The molecule has 0 aliphatic rings. The number of alkyl halides is 3. The van der Waals surface area contributed by atoms with Crippen molar-refractivity contribution in [2.24, 2.45) is 4.99 Å². The second-order valence-corrected chi connectivity index (χ2v) is 7.17. The van der Waals surface area contributed by atoms with Crippen LogP contribution in [-0.2, 0) is 19.1 Å². The number of rotatable bonds is 6. The van der Waals surface area contributed by atoms with E-state index >= 15 is 0 Å². The lowest BCUT2D eigenvalue weighted by Gasteiger charge is -2.16. The van der Waals surface area contributed by atoms with Crippen molar-refractivity contribution in [2.45, 2.75) is 26.1 Å². The van der Waals surface area contributed by atoms with Gasteiger partial charge in [0.1, 0.15) is 0 Å². The van der Waals surface area contributed by atoms with Crippen molar-refractivity contribution in [3.8, 4) is 0 Å². The summed E-state index contributed by atoms with van der Waals surface area (Å²) >= 11 is 1.02. The van der Waals surface area contributed by atoms with Crippen molar-refractivity contribution >= 4 is 47.0 Å². The number of hydrogen-bond donors (Lipinski definition) is 2. The summed E-state index contributed by atoms with van der Waals surface area (Å²) < 4.78 is 37.7. The van der Waals surface area contributed by atoms with Crippen LogP contribution in [0.2, 0.25) is 0 Å². The predicted octanol–water partition coefficient (Wildman–Crippen LogP) is 4.06. The maximum Gasteiger partial charge on any atom is 0.434 e. The normalized spacial score (nSPS) is 11.8. The summed E-state index contributed by atoms with van der Waals surface area (Å²) in [5, 5.41) is 7.81. The number of nitrogens with zero attached hydrogens (tertiary/aromatic N) is 3. The van der Waals surface area contributed by atoms with E-state index < -0.39 is 11.9 Å². The minimum atomic E-state index is -4.39. The monoisotopic (exact) mass is 527 g/mol. The van der Waals surface area contributed by atoms with Gasteiger partial charge in [-0.25, -0.2) is 4.98 Å². The molecule has 1 aromatic heterocycles. The molecular weight excluding hydrogens is 502 g/mol. The van der Waals surface area contributed by atoms with Crippen molar-refractivity contribution in [2.75, 3.05) is 32.6 Å². The number of nitrogens with one attached hydrogen (secondary N) is 2. The molecule has 5 nitrogen and oxygen atoms in total. The number of hydrogen-bond acceptors (Lipinski definition) is 4. The molecule has 0 saturated carbocycles. The summed E-state index contributed by atoms with van der Waals surface area (Å²) in [6, 6.07) is 6.24. The number of aryl methyl sites for hydroxylation is 1. The Labute approximate surface area is 184 Å². The van der Waals surface area contributed by atoms with Crippen LogP contribution in [0.25, 0.3) is 0 Å². The predicted molar refractivity (Wildman–Crippen MR) is 120 cm³/mol. The Morgan fingerprint density at radius 3 is 2.50 bits per heavy atom. The van der Waals surface area contributed by atoms with Crippen molar-refractivity contribution in [3.63, 3.8) is 0 Å². The SMILES string of the molecule is CN=C(NCCc1nc(C(F)(F)F)cs1)NCc1ccc(N(C)C)cc1C.I. The van der Waals surface area contributed by atoms with E-state index in [1.165, 1.54) is 5.56 Å². The maximum absolute atomic E-state index is 12.6. The first-order valence-corrected chi connectivity index (χ1v) is 9.31. The van der Waals surface area contributed by atoms with Gasteiger partial charge in [0.15, 0.2) is 11.7 Å². The third-order valence-electron chi connectivity index (χ3n) is 3.99. The van der Waals surface area contributed by atoms with Crippen LogP contribution in [0.3, 0.4) is 0 Å². The number of guanidine groups is 1. The van der Waals surface area contributed by atoms with Gasteiger partial charge in [0.25, 0.3) is 0 Å². The van der Waals surface area contributed by atoms with Gasteiger partial charge in [-0.2, -0.15) is 13.2 Å². The van der Waals surface area contributed by atoms with Gasteiger partial charge in [-0.05, 0) is 30.2 Å². The zero-order valence-corrected chi connectivity index (χ0v) is 19.4. The van der Waals surface area contributed by atoms with E-state index in [-0.39, 0.29) is 24.0 Å². The highest BCUT2D eigenvalue weighted by molar-refractivity contribution is 14.0. The minimum Gasteiger partial charge on any atom is -0.378 e. The molecule has 2 N–H and O–H groups in total. The van der Waals surface area contributed by atoms with Gasteiger partial charge in [0.2, 0.25) is 0 Å². The average Bonchev–Trinajstić information content (AvgIpc) is 3.08. The molecule has 0 spiro atoms. The highest BCUT2D eigenvalue weighted by Gasteiger charge is 2.33. The molecule has 156 valence electrons. The number of anilines is 1. The summed E-state index contributed by atoms with van der Waals surface area (Å²) in [4.78, 5) is 9.81. The molecule has 2 aromatic rings. The lowest BCUT2D eigenvalue weighted by atomic mass is 10.1. The average molecular weight is 527 g/mol. The Balaban J connectivity index is 0.00000392. The molecule has 1 aromatic carbocycles. The largest absolute Gasteiger partial charge is 0.434 e. The number of aliphatic imine (C=N–C) groups is 1. The highest BCUT2D eigenvalue weighted by atomic mass is 127. The quantitative estimate of drug-likeness (QED) is 0.338. The zero-order chi connectivity index (χ0) is 20.0. The first-order chi connectivity index (χ1) is 12.7. The van der Waals surface area contributed by atoms with Crippen LogP contribution in [0.1, 0.15) is 21.8 Å². The zero-order valence-electron chi connectivity index (χ0n) is 16.2. The Kier molecular flexibility index (Phi) is 9.48. The van der Waals surface area contributed by atoms with E-state index in [4.69, 9.17) is 0 Å². The van der Waals surface area contributed by atoms with Gasteiger partial charge in [-0.1, -0.05) is 6.07 Å².